The Hall–Kier alpha value is -3.26. The molecular formula is C23H24FN5O2. The van der Waals surface area contributed by atoms with Gasteiger partial charge in [0, 0.05) is 44.5 Å². The third-order valence-corrected chi connectivity index (χ3v) is 6.56. The van der Waals surface area contributed by atoms with Gasteiger partial charge in [0.05, 0.1) is 11.7 Å². The van der Waals surface area contributed by atoms with Crippen LogP contribution >= 0.6 is 0 Å². The standard InChI is InChI=1S/C23H24FN5O2/c1-28-8-7-14(11-21(28)31)13-3-4-16(19(30)10-13)17-5-6-20(27-26-17)29(2)23-15-9-18(22(23)24)25-12-15/h3-8,10-11,15,18,22-23,25,30H,9,12H2,1-2H3/t15?,18?,22-,23-/m1/s1. The number of phenolic OH excluding ortho intramolecular Hbond substituents is 1. The average Bonchev–Trinajstić information content (AvgIpc) is 3.37. The van der Waals surface area contributed by atoms with E-state index in [4.69, 9.17) is 0 Å². The van der Waals surface area contributed by atoms with Gasteiger partial charge in [0.25, 0.3) is 5.56 Å². The second kappa shape index (κ2) is 7.46. The summed E-state index contributed by atoms with van der Waals surface area (Å²) < 4.78 is 16.1. The molecule has 0 radical (unpaired) electrons. The third-order valence-electron chi connectivity index (χ3n) is 6.56. The largest absolute Gasteiger partial charge is 0.507 e. The first kappa shape index (κ1) is 19.7. The molecule has 1 aliphatic heterocycles. The molecule has 3 aromatic rings. The molecule has 5 rings (SSSR count). The molecule has 2 aliphatic rings. The lowest BCUT2D eigenvalue weighted by Crippen LogP contribution is -2.51. The fraction of sp³-hybridized carbons (Fsp3) is 0.348. The summed E-state index contributed by atoms with van der Waals surface area (Å²) in [6.07, 6.45) is 1.63. The minimum Gasteiger partial charge on any atom is -0.507 e. The zero-order valence-corrected chi connectivity index (χ0v) is 17.4. The molecule has 4 atom stereocenters. The second-order valence-electron chi connectivity index (χ2n) is 8.43. The number of hydrogen-bond donors (Lipinski definition) is 2. The number of pyridine rings is 1. The van der Waals surface area contributed by atoms with Gasteiger partial charge in [-0.05, 0) is 53.8 Å². The number of rotatable bonds is 4. The van der Waals surface area contributed by atoms with E-state index in [0.717, 1.165) is 24.1 Å². The van der Waals surface area contributed by atoms with Gasteiger partial charge in [0.1, 0.15) is 11.9 Å². The van der Waals surface area contributed by atoms with Gasteiger partial charge in [0.15, 0.2) is 5.82 Å². The highest BCUT2D eigenvalue weighted by atomic mass is 19.1. The van der Waals surface area contributed by atoms with Crippen LogP contribution in [-0.2, 0) is 7.05 Å². The second-order valence-corrected chi connectivity index (χ2v) is 8.43. The summed E-state index contributed by atoms with van der Waals surface area (Å²) in [7, 11) is 3.55. The van der Waals surface area contributed by atoms with Crippen molar-refractivity contribution in [2.24, 2.45) is 13.0 Å². The van der Waals surface area contributed by atoms with Crippen molar-refractivity contribution in [3.63, 3.8) is 0 Å². The molecule has 1 aromatic carbocycles. The summed E-state index contributed by atoms with van der Waals surface area (Å²) >= 11 is 0. The van der Waals surface area contributed by atoms with Crippen molar-refractivity contribution in [2.75, 3.05) is 18.5 Å². The molecule has 1 saturated carbocycles. The molecule has 8 heteroatoms. The number of hydrogen-bond acceptors (Lipinski definition) is 6. The predicted molar refractivity (Wildman–Crippen MR) is 117 cm³/mol. The van der Waals surface area contributed by atoms with Crippen LogP contribution in [0.5, 0.6) is 5.75 Å². The van der Waals surface area contributed by atoms with E-state index in [0.29, 0.717) is 17.1 Å². The number of phenols is 1. The molecule has 160 valence electrons. The number of aryl methyl sites for hydroxylation is 1. The summed E-state index contributed by atoms with van der Waals surface area (Å²) in [5.74, 6) is 0.939. The van der Waals surface area contributed by atoms with E-state index in [2.05, 4.69) is 15.5 Å². The van der Waals surface area contributed by atoms with Crippen LogP contribution in [0.15, 0.2) is 53.5 Å². The number of fused-ring (bicyclic) bond motifs is 2. The molecule has 2 N–H and O–H groups in total. The van der Waals surface area contributed by atoms with E-state index in [1.54, 1.807) is 31.4 Å². The van der Waals surface area contributed by atoms with Crippen LogP contribution < -0.4 is 15.8 Å². The molecule has 1 saturated heterocycles. The Morgan fingerprint density at radius 2 is 1.97 bits per heavy atom. The lowest BCUT2D eigenvalue weighted by Gasteiger charge is -2.34. The maximum Gasteiger partial charge on any atom is 0.250 e. The summed E-state index contributed by atoms with van der Waals surface area (Å²) in [6, 6.07) is 11.9. The van der Waals surface area contributed by atoms with Crippen LogP contribution in [-0.4, -0.2) is 51.7 Å². The molecule has 3 heterocycles. The average molecular weight is 421 g/mol. The zero-order chi connectivity index (χ0) is 21.7. The quantitative estimate of drug-likeness (QED) is 0.673. The van der Waals surface area contributed by atoms with Gasteiger partial charge >= 0.3 is 0 Å². The van der Waals surface area contributed by atoms with Crippen LogP contribution in [0.4, 0.5) is 10.2 Å². The summed E-state index contributed by atoms with van der Waals surface area (Å²) in [5, 5.41) is 22.4. The SMILES string of the molecule is CN(c1ccc(-c2ccc(-c3ccn(C)c(=O)c3)cc2O)nn1)[C@@H]1C2CNC(C2)[C@H]1F. The smallest absolute Gasteiger partial charge is 0.250 e. The molecule has 2 unspecified atom stereocenters. The van der Waals surface area contributed by atoms with Crippen LogP contribution in [0.1, 0.15) is 6.42 Å². The van der Waals surface area contributed by atoms with Crippen molar-refractivity contribution in [3.8, 4) is 28.1 Å². The molecule has 31 heavy (non-hydrogen) atoms. The summed E-state index contributed by atoms with van der Waals surface area (Å²) in [5.41, 5.74) is 2.42. The van der Waals surface area contributed by atoms with Crippen LogP contribution in [0, 0.1) is 5.92 Å². The number of aromatic nitrogens is 3. The molecule has 2 aromatic heterocycles. The van der Waals surface area contributed by atoms with Gasteiger partial charge in [-0.2, -0.15) is 0 Å². The number of piperidine rings is 1. The normalized spacial score (nSPS) is 24.5. The van der Waals surface area contributed by atoms with Gasteiger partial charge < -0.3 is 19.9 Å². The number of benzene rings is 1. The fourth-order valence-electron chi connectivity index (χ4n) is 4.79. The highest BCUT2D eigenvalue weighted by Crippen LogP contribution is 2.38. The van der Waals surface area contributed by atoms with Gasteiger partial charge in [-0.3, -0.25) is 4.79 Å². The maximum absolute atomic E-state index is 14.6. The highest BCUT2D eigenvalue weighted by molar-refractivity contribution is 5.74. The van der Waals surface area contributed by atoms with E-state index in [9.17, 15) is 14.3 Å². The summed E-state index contributed by atoms with van der Waals surface area (Å²) in [4.78, 5) is 13.8. The molecule has 0 spiro atoms. The Balaban J connectivity index is 1.38. The number of nitrogens with zero attached hydrogens (tertiary/aromatic N) is 4. The number of nitrogens with one attached hydrogen (secondary N) is 1. The molecule has 1 aliphatic carbocycles. The van der Waals surface area contributed by atoms with E-state index in [-0.39, 0.29) is 29.3 Å². The minimum absolute atomic E-state index is 0.0524. The van der Waals surface area contributed by atoms with Crippen molar-refractivity contribution < 1.29 is 9.50 Å². The summed E-state index contributed by atoms with van der Waals surface area (Å²) in [6.45, 7) is 0.833. The first-order valence-electron chi connectivity index (χ1n) is 10.4. The fourth-order valence-corrected chi connectivity index (χ4v) is 4.79. The minimum atomic E-state index is -0.920. The number of halogens is 1. The van der Waals surface area contributed by atoms with Crippen LogP contribution in [0.2, 0.25) is 0 Å². The highest BCUT2D eigenvalue weighted by Gasteiger charge is 2.50. The van der Waals surface area contributed by atoms with Gasteiger partial charge in [0.2, 0.25) is 0 Å². The molecular weight excluding hydrogens is 397 g/mol. The van der Waals surface area contributed by atoms with E-state index in [1.807, 2.05) is 30.1 Å². The zero-order valence-electron chi connectivity index (χ0n) is 17.4. The van der Waals surface area contributed by atoms with Crippen molar-refractivity contribution in [2.45, 2.75) is 24.7 Å². The lowest BCUT2D eigenvalue weighted by molar-refractivity contribution is 0.220. The van der Waals surface area contributed by atoms with Crippen molar-refractivity contribution in [1.29, 1.82) is 0 Å². The van der Waals surface area contributed by atoms with Crippen LogP contribution in [0.3, 0.4) is 0 Å². The molecule has 0 amide bonds. The van der Waals surface area contributed by atoms with Crippen LogP contribution in [0.25, 0.3) is 22.4 Å². The van der Waals surface area contributed by atoms with Gasteiger partial charge in [-0.15, -0.1) is 10.2 Å². The molecule has 2 bridgehead atoms. The van der Waals surface area contributed by atoms with Crippen molar-refractivity contribution in [3.05, 3.63) is 59.0 Å². The van der Waals surface area contributed by atoms with Gasteiger partial charge in [-0.1, -0.05) is 6.07 Å². The first-order valence-corrected chi connectivity index (χ1v) is 10.4. The maximum atomic E-state index is 14.6. The Bertz CT molecular complexity index is 1180. The Labute approximate surface area is 179 Å². The Morgan fingerprint density at radius 1 is 1.16 bits per heavy atom. The van der Waals surface area contributed by atoms with Gasteiger partial charge in [-0.25, -0.2) is 4.39 Å². The predicted octanol–water partition coefficient (Wildman–Crippen LogP) is 2.35. The molecule has 7 nitrogen and oxygen atoms in total. The monoisotopic (exact) mass is 421 g/mol. The first-order chi connectivity index (χ1) is 14.9. The van der Waals surface area contributed by atoms with Crippen molar-refractivity contribution in [1.82, 2.24) is 20.1 Å². The van der Waals surface area contributed by atoms with E-state index in [1.165, 1.54) is 10.6 Å². The Kier molecular flexibility index (Phi) is 4.74. The number of anilines is 1. The van der Waals surface area contributed by atoms with E-state index >= 15 is 0 Å². The lowest BCUT2D eigenvalue weighted by atomic mass is 10.0. The van der Waals surface area contributed by atoms with E-state index < -0.39 is 6.17 Å². The number of alkyl halides is 1. The molecule has 2 fully saturated rings. The van der Waals surface area contributed by atoms with Crippen molar-refractivity contribution >= 4 is 5.82 Å². The third kappa shape index (κ3) is 3.37. The number of aromatic hydroxyl groups is 1. The topological polar surface area (TPSA) is 83.3 Å². The Morgan fingerprint density at radius 3 is 2.61 bits per heavy atom.